The van der Waals surface area contributed by atoms with E-state index in [9.17, 15) is 14.9 Å². The molecule has 8 nitrogen and oxygen atoms in total. The smallest absolute Gasteiger partial charge is 0.348 e. The highest BCUT2D eigenvalue weighted by atomic mass is 16.6. The van der Waals surface area contributed by atoms with Crippen molar-refractivity contribution in [1.29, 1.82) is 0 Å². The molecule has 0 atom stereocenters. The molecule has 0 spiro atoms. The van der Waals surface area contributed by atoms with Crippen molar-refractivity contribution in [3.05, 3.63) is 57.0 Å². The van der Waals surface area contributed by atoms with Crippen LogP contribution in [0.15, 0.2) is 35.5 Å². The maximum absolute atomic E-state index is 11.6. The lowest BCUT2D eigenvalue weighted by molar-refractivity contribution is -0.385. The van der Waals surface area contributed by atoms with E-state index >= 15 is 0 Å². The number of hydrogen-bond donors (Lipinski definition) is 1. The van der Waals surface area contributed by atoms with Crippen LogP contribution < -0.4 is 11.0 Å². The molecule has 0 unspecified atom stereocenters. The summed E-state index contributed by atoms with van der Waals surface area (Å²) in [6, 6.07) is 3.59. The fourth-order valence-electron chi connectivity index (χ4n) is 1.70. The summed E-state index contributed by atoms with van der Waals surface area (Å²) >= 11 is 0. The second-order valence-electron chi connectivity index (χ2n) is 4.05. The zero-order valence-electron chi connectivity index (χ0n) is 10.8. The lowest BCUT2D eigenvalue weighted by atomic mass is 10.3. The van der Waals surface area contributed by atoms with Gasteiger partial charge < -0.3 is 5.32 Å². The minimum atomic E-state index is -0.592. The fourth-order valence-corrected chi connectivity index (χ4v) is 1.70. The molecule has 0 bridgehead atoms. The quantitative estimate of drug-likeness (QED) is 0.645. The Morgan fingerprint density at radius 3 is 2.95 bits per heavy atom. The van der Waals surface area contributed by atoms with E-state index in [2.05, 4.69) is 15.3 Å². The number of hydrogen-bond acceptors (Lipinski definition) is 6. The molecule has 0 fully saturated rings. The Morgan fingerprint density at radius 2 is 2.25 bits per heavy atom. The highest BCUT2D eigenvalue weighted by molar-refractivity contribution is 5.43. The van der Waals surface area contributed by atoms with Crippen molar-refractivity contribution in [1.82, 2.24) is 14.5 Å². The molecule has 0 aliphatic rings. The van der Waals surface area contributed by atoms with Crippen LogP contribution in [-0.2, 0) is 6.54 Å². The Labute approximate surface area is 114 Å². The molecule has 0 saturated heterocycles. The van der Waals surface area contributed by atoms with Crippen molar-refractivity contribution in [3.63, 3.8) is 0 Å². The van der Waals surface area contributed by atoms with E-state index < -0.39 is 10.6 Å². The molecule has 2 aromatic heterocycles. The average molecular weight is 275 g/mol. The van der Waals surface area contributed by atoms with E-state index in [1.807, 2.05) is 13.0 Å². The number of rotatable bonds is 5. The average Bonchev–Trinajstić information content (AvgIpc) is 2.42. The Hall–Kier alpha value is -2.77. The SMILES string of the molecule is CCNc1ccnc(Cn2cc([N+](=O)[O-])cnc2=O)c1. The Balaban J connectivity index is 2.29. The van der Waals surface area contributed by atoms with Crippen molar-refractivity contribution < 1.29 is 4.92 Å². The summed E-state index contributed by atoms with van der Waals surface area (Å²) in [6.07, 6.45) is 3.72. The molecule has 8 heteroatoms. The van der Waals surface area contributed by atoms with Crippen molar-refractivity contribution in [2.75, 3.05) is 11.9 Å². The molecule has 104 valence electrons. The lowest BCUT2D eigenvalue weighted by Crippen LogP contribution is -2.23. The van der Waals surface area contributed by atoms with E-state index in [1.54, 1.807) is 12.3 Å². The van der Waals surface area contributed by atoms with Crippen LogP contribution in [-0.4, -0.2) is 26.0 Å². The summed E-state index contributed by atoms with van der Waals surface area (Å²) in [7, 11) is 0. The summed E-state index contributed by atoms with van der Waals surface area (Å²) in [4.78, 5) is 29.3. The van der Waals surface area contributed by atoms with Crippen LogP contribution in [0.25, 0.3) is 0 Å². The summed E-state index contributed by atoms with van der Waals surface area (Å²) in [5.41, 5.74) is 0.718. The number of nitro groups is 1. The van der Waals surface area contributed by atoms with Gasteiger partial charge in [0.05, 0.1) is 23.4 Å². The molecule has 0 aliphatic carbocycles. The molecule has 2 aromatic rings. The number of nitrogens with one attached hydrogen (secondary N) is 1. The molecule has 20 heavy (non-hydrogen) atoms. The first-order chi connectivity index (χ1) is 9.60. The topological polar surface area (TPSA) is 103 Å². The number of anilines is 1. The van der Waals surface area contributed by atoms with Gasteiger partial charge in [-0.05, 0) is 19.1 Å². The fraction of sp³-hybridized carbons (Fsp3) is 0.250. The van der Waals surface area contributed by atoms with Gasteiger partial charge in [0.1, 0.15) is 6.20 Å². The molecule has 2 rings (SSSR count). The minimum Gasteiger partial charge on any atom is -0.385 e. The summed E-state index contributed by atoms with van der Waals surface area (Å²) in [6.45, 7) is 2.86. The van der Waals surface area contributed by atoms with E-state index in [-0.39, 0.29) is 12.2 Å². The van der Waals surface area contributed by atoms with Crippen LogP contribution in [0.1, 0.15) is 12.6 Å². The Kier molecular flexibility index (Phi) is 4.04. The lowest BCUT2D eigenvalue weighted by Gasteiger charge is -2.07. The first-order valence-corrected chi connectivity index (χ1v) is 6.00. The summed E-state index contributed by atoms with van der Waals surface area (Å²) in [5, 5.41) is 13.8. The number of pyridine rings is 1. The third-order valence-corrected chi connectivity index (χ3v) is 2.58. The zero-order chi connectivity index (χ0) is 14.5. The van der Waals surface area contributed by atoms with Gasteiger partial charge in [-0.25, -0.2) is 4.79 Å². The molecule has 0 radical (unpaired) electrons. The number of aromatic nitrogens is 3. The second-order valence-corrected chi connectivity index (χ2v) is 4.05. The van der Waals surface area contributed by atoms with E-state index in [0.717, 1.165) is 29.2 Å². The normalized spacial score (nSPS) is 10.2. The summed E-state index contributed by atoms with van der Waals surface area (Å²) < 4.78 is 1.16. The van der Waals surface area contributed by atoms with Gasteiger partial charge >= 0.3 is 11.4 Å². The molecule has 0 aromatic carbocycles. The monoisotopic (exact) mass is 275 g/mol. The van der Waals surface area contributed by atoms with E-state index in [0.29, 0.717) is 5.69 Å². The predicted octanol–water partition coefficient (Wildman–Crippen LogP) is 1.03. The molecular formula is C12H13N5O3. The first-order valence-electron chi connectivity index (χ1n) is 6.00. The van der Waals surface area contributed by atoms with Crippen LogP contribution in [0.5, 0.6) is 0 Å². The summed E-state index contributed by atoms with van der Waals surface area (Å²) in [5.74, 6) is 0. The molecule has 0 amide bonds. The van der Waals surface area contributed by atoms with Gasteiger partial charge in [-0.2, -0.15) is 4.98 Å². The van der Waals surface area contributed by atoms with E-state index in [1.165, 1.54) is 0 Å². The first kappa shape index (κ1) is 13.7. The Morgan fingerprint density at radius 1 is 1.45 bits per heavy atom. The maximum Gasteiger partial charge on any atom is 0.348 e. The predicted molar refractivity (Wildman–Crippen MR) is 72.7 cm³/mol. The van der Waals surface area contributed by atoms with Crippen LogP contribution in [0.4, 0.5) is 11.4 Å². The van der Waals surface area contributed by atoms with Gasteiger partial charge in [-0.1, -0.05) is 0 Å². The van der Waals surface area contributed by atoms with Crippen LogP contribution >= 0.6 is 0 Å². The van der Waals surface area contributed by atoms with Crippen molar-refractivity contribution in [3.8, 4) is 0 Å². The van der Waals surface area contributed by atoms with Gasteiger partial charge in [-0.3, -0.25) is 19.7 Å². The largest absolute Gasteiger partial charge is 0.385 e. The highest BCUT2D eigenvalue weighted by Crippen LogP contribution is 2.10. The van der Waals surface area contributed by atoms with Crippen LogP contribution in [0.3, 0.4) is 0 Å². The molecular weight excluding hydrogens is 262 g/mol. The van der Waals surface area contributed by atoms with Gasteiger partial charge in [0, 0.05) is 18.4 Å². The van der Waals surface area contributed by atoms with Crippen molar-refractivity contribution in [2.45, 2.75) is 13.5 Å². The van der Waals surface area contributed by atoms with Gasteiger partial charge in [0.25, 0.3) is 0 Å². The van der Waals surface area contributed by atoms with Gasteiger partial charge in [0.2, 0.25) is 0 Å². The second kappa shape index (κ2) is 5.91. The third kappa shape index (κ3) is 3.16. The van der Waals surface area contributed by atoms with Crippen LogP contribution in [0.2, 0.25) is 0 Å². The van der Waals surface area contributed by atoms with E-state index in [4.69, 9.17) is 0 Å². The molecule has 0 saturated carbocycles. The maximum atomic E-state index is 11.6. The highest BCUT2D eigenvalue weighted by Gasteiger charge is 2.09. The van der Waals surface area contributed by atoms with Crippen molar-refractivity contribution in [2.24, 2.45) is 0 Å². The third-order valence-electron chi connectivity index (χ3n) is 2.58. The zero-order valence-corrected chi connectivity index (χ0v) is 10.8. The Bertz CT molecular complexity index is 683. The standard InChI is InChI=1S/C12H13N5O3/c1-2-13-9-3-4-14-10(5-9)7-16-8-11(17(19)20)6-15-12(16)18/h3-6,8H,2,7H2,1H3,(H,13,14). The molecule has 2 heterocycles. The number of nitrogens with zero attached hydrogens (tertiary/aromatic N) is 4. The van der Waals surface area contributed by atoms with Gasteiger partial charge in [-0.15, -0.1) is 0 Å². The van der Waals surface area contributed by atoms with Crippen LogP contribution in [0, 0.1) is 10.1 Å². The molecule has 1 N–H and O–H groups in total. The van der Waals surface area contributed by atoms with Crippen molar-refractivity contribution >= 4 is 11.4 Å². The van der Waals surface area contributed by atoms with Gasteiger partial charge in [0.15, 0.2) is 0 Å². The minimum absolute atomic E-state index is 0.132. The molecule has 0 aliphatic heterocycles.